The number of hydrogen-bond donors (Lipinski definition) is 0. The molecule has 84 valence electrons. The third-order valence-corrected chi connectivity index (χ3v) is 1.43. The van der Waals surface area contributed by atoms with Crippen molar-refractivity contribution in [3.05, 3.63) is 0 Å². The lowest BCUT2D eigenvalue weighted by Gasteiger charge is -2.21. The fourth-order valence-corrected chi connectivity index (χ4v) is 1.11. The predicted molar refractivity (Wildman–Crippen MR) is 58.2 cm³/mol. The Balaban J connectivity index is 4.41. The monoisotopic (exact) mass is 203 g/mol. The summed E-state index contributed by atoms with van der Waals surface area (Å²) in [6, 6.07) is 0. The number of nitrogens with zero attached hydrogens (tertiary/aromatic N) is 2. The van der Waals surface area contributed by atoms with Gasteiger partial charge in [0.15, 0.2) is 0 Å². The smallest absolute Gasteiger partial charge is 0.202 e. The fraction of sp³-hybridized carbons (Fsp3) is 0.900. The first-order valence-electron chi connectivity index (χ1n) is 5.02. The van der Waals surface area contributed by atoms with Gasteiger partial charge >= 0.3 is 0 Å². The molecule has 0 saturated heterocycles. The van der Waals surface area contributed by atoms with Crippen molar-refractivity contribution >= 4 is 5.71 Å². The van der Waals surface area contributed by atoms with Gasteiger partial charge in [0.2, 0.25) is 6.29 Å². The van der Waals surface area contributed by atoms with Crippen molar-refractivity contribution in [1.82, 2.24) is 0 Å². The highest BCUT2D eigenvalue weighted by atomic mass is 16.7. The molecule has 0 N–H and O–H groups in total. The van der Waals surface area contributed by atoms with Gasteiger partial charge in [-0.15, -0.1) is 0 Å². The molecule has 0 aromatic heterocycles. The van der Waals surface area contributed by atoms with Gasteiger partial charge < -0.3 is 9.47 Å². The van der Waals surface area contributed by atoms with Crippen molar-refractivity contribution in [2.75, 3.05) is 34.4 Å². The van der Waals surface area contributed by atoms with Crippen LogP contribution in [0.2, 0.25) is 0 Å². The molecule has 0 unspecified atom stereocenters. The molecule has 14 heavy (non-hydrogen) atoms. The number of hydrogen-bond acceptors (Lipinski definition) is 3. The third-order valence-electron chi connectivity index (χ3n) is 1.43. The van der Waals surface area contributed by atoms with Crippen molar-refractivity contribution < 1.29 is 14.1 Å². The molecule has 4 nitrogen and oxygen atoms in total. The first-order chi connectivity index (χ1) is 6.40. The Bertz CT molecular complexity index is 179. The summed E-state index contributed by atoms with van der Waals surface area (Å²) in [4.78, 5) is 0. The Morgan fingerprint density at radius 3 is 1.86 bits per heavy atom. The Hall–Kier alpha value is -0.450. The standard InChI is InChI=1S/C10H23N2O2/c1-7-13-10(14-8-2)9(3)11-12(4,5)6/h10H,7-8H2,1-6H3/q+1/b11-9-. The van der Waals surface area contributed by atoms with Crippen LogP contribution in [0.3, 0.4) is 0 Å². The molecule has 0 rings (SSSR count). The van der Waals surface area contributed by atoms with E-state index in [1.165, 1.54) is 0 Å². The van der Waals surface area contributed by atoms with Gasteiger partial charge in [0, 0.05) is 13.2 Å². The average molecular weight is 203 g/mol. The molecule has 0 fully saturated rings. The Morgan fingerprint density at radius 2 is 1.57 bits per heavy atom. The van der Waals surface area contributed by atoms with Gasteiger partial charge in [-0.2, -0.15) is 0 Å². The molecule has 0 saturated carbocycles. The lowest BCUT2D eigenvalue weighted by molar-refractivity contribution is -0.877. The minimum Gasteiger partial charge on any atom is -0.347 e. The van der Waals surface area contributed by atoms with E-state index < -0.39 is 0 Å². The molecule has 0 aliphatic carbocycles. The lowest BCUT2D eigenvalue weighted by Crippen LogP contribution is -2.34. The van der Waals surface area contributed by atoms with Crippen LogP contribution in [0.4, 0.5) is 0 Å². The average Bonchev–Trinajstić information content (AvgIpc) is 2.01. The van der Waals surface area contributed by atoms with Crippen LogP contribution in [0.25, 0.3) is 0 Å². The number of ether oxygens (including phenoxy) is 2. The SMILES string of the molecule is CCOC(OCC)/C(C)=N\[N+](C)(C)C. The molecule has 0 radical (unpaired) electrons. The lowest BCUT2D eigenvalue weighted by atomic mass is 10.4. The molecule has 0 amide bonds. The zero-order valence-corrected chi connectivity index (χ0v) is 10.2. The minimum absolute atomic E-state index is 0.303. The molecule has 0 spiro atoms. The van der Waals surface area contributed by atoms with Crippen molar-refractivity contribution in [3.8, 4) is 0 Å². The molecule has 0 aliphatic rings. The van der Waals surface area contributed by atoms with E-state index in [1.54, 1.807) is 0 Å². The largest absolute Gasteiger partial charge is 0.347 e. The second-order valence-corrected chi connectivity index (χ2v) is 3.93. The van der Waals surface area contributed by atoms with Crippen molar-refractivity contribution in [1.29, 1.82) is 0 Å². The highest BCUT2D eigenvalue weighted by molar-refractivity contribution is 5.84. The van der Waals surface area contributed by atoms with E-state index in [4.69, 9.17) is 9.47 Å². The first-order valence-corrected chi connectivity index (χ1v) is 5.02. The maximum Gasteiger partial charge on any atom is 0.202 e. The van der Waals surface area contributed by atoms with Crippen molar-refractivity contribution in [3.63, 3.8) is 0 Å². The Labute approximate surface area is 87.1 Å². The highest BCUT2D eigenvalue weighted by Gasteiger charge is 2.16. The maximum absolute atomic E-state index is 5.43. The first kappa shape index (κ1) is 13.5. The molecular formula is C10H23N2O2+. The fourth-order valence-electron chi connectivity index (χ4n) is 1.11. The highest BCUT2D eigenvalue weighted by Crippen LogP contribution is 2.02. The van der Waals surface area contributed by atoms with E-state index in [1.807, 2.05) is 41.9 Å². The molecule has 0 aromatic carbocycles. The number of rotatable bonds is 6. The van der Waals surface area contributed by atoms with E-state index in [2.05, 4.69) is 5.10 Å². The van der Waals surface area contributed by atoms with Crippen LogP contribution < -0.4 is 0 Å². The molecule has 0 aromatic rings. The van der Waals surface area contributed by atoms with Crippen LogP contribution in [0.15, 0.2) is 5.10 Å². The summed E-state index contributed by atoms with van der Waals surface area (Å²) in [6.45, 7) is 7.10. The van der Waals surface area contributed by atoms with E-state index in [0.29, 0.717) is 17.8 Å². The van der Waals surface area contributed by atoms with Gasteiger partial charge in [0.25, 0.3) is 0 Å². The van der Waals surface area contributed by atoms with E-state index in [9.17, 15) is 0 Å². The van der Waals surface area contributed by atoms with Crippen LogP contribution in [0, 0.1) is 0 Å². The Morgan fingerprint density at radius 1 is 1.14 bits per heavy atom. The quantitative estimate of drug-likeness (QED) is 0.283. The van der Waals surface area contributed by atoms with Crippen LogP contribution in [0.1, 0.15) is 20.8 Å². The second-order valence-electron chi connectivity index (χ2n) is 3.93. The van der Waals surface area contributed by atoms with Gasteiger partial charge in [0.1, 0.15) is 5.71 Å². The maximum atomic E-state index is 5.43. The van der Waals surface area contributed by atoms with Crippen LogP contribution in [-0.4, -0.2) is 51.0 Å². The molecular weight excluding hydrogens is 180 g/mol. The van der Waals surface area contributed by atoms with E-state index >= 15 is 0 Å². The summed E-state index contributed by atoms with van der Waals surface area (Å²) < 4.78 is 11.4. The van der Waals surface area contributed by atoms with Crippen LogP contribution in [-0.2, 0) is 9.47 Å². The molecule has 0 heterocycles. The van der Waals surface area contributed by atoms with Crippen molar-refractivity contribution in [2.24, 2.45) is 5.10 Å². The van der Waals surface area contributed by atoms with Gasteiger partial charge in [-0.05, 0) is 20.8 Å². The molecule has 0 atom stereocenters. The molecule has 0 aliphatic heterocycles. The topological polar surface area (TPSA) is 30.8 Å². The summed E-state index contributed by atoms with van der Waals surface area (Å²) in [7, 11) is 6.00. The molecule has 4 heteroatoms. The summed E-state index contributed by atoms with van der Waals surface area (Å²) in [5.41, 5.74) is 0.876. The predicted octanol–water partition coefficient (Wildman–Crippen LogP) is 1.47. The minimum atomic E-state index is -0.303. The Kier molecular flexibility index (Phi) is 5.92. The van der Waals surface area contributed by atoms with Gasteiger partial charge in [-0.1, -0.05) is 5.10 Å². The third kappa shape index (κ3) is 6.07. The zero-order valence-electron chi connectivity index (χ0n) is 10.2. The normalized spacial score (nSPS) is 13.8. The second kappa shape index (κ2) is 6.11. The summed E-state index contributed by atoms with van der Waals surface area (Å²) in [5.74, 6) is 0. The summed E-state index contributed by atoms with van der Waals surface area (Å²) in [5, 5.41) is 4.45. The van der Waals surface area contributed by atoms with Gasteiger partial charge in [0.05, 0.1) is 21.1 Å². The van der Waals surface area contributed by atoms with Crippen molar-refractivity contribution in [2.45, 2.75) is 27.1 Å². The zero-order chi connectivity index (χ0) is 11.2. The van der Waals surface area contributed by atoms with Gasteiger partial charge in [-0.3, -0.25) is 0 Å². The number of quaternary nitrogens is 1. The van der Waals surface area contributed by atoms with Gasteiger partial charge in [-0.25, -0.2) is 4.59 Å². The summed E-state index contributed by atoms with van der Waals surface area (Å²) in [6.07, 6.45) is -0.303. The van der Waals surface area contributed by atoms with Crippen LogP contribution in [0.5, 0.6) is 0 Å². The van der Waals surface area contributed by atoms with E-state index in [0.717, 1.165) is 5.71 Å². The van der Waals surface area contributed by atoms with Crippen LogP contribution >= 0.6 is 0 Å². The van der Waals surface area contributed by atoms with E-state index in [-0.39, 0.29) is 6.29 Å². The summed E-state index contributed by atoms with van der Waals surface area (Å²) >= 11 is 0. The molecule has 0 bridgehead atoms.